The van der Waals surface area contributed by atoms with E-state index in [4.69, 9.17) is 5.11 Å². The third-order valence-corrected chi connectivity index (χ3v) is 1.41. The van der Waals surface area contributed by atoms with Gasteiger partial charge in [-0.05, 0) is 6.42 Å². The number of rotatable bonds is 6. The van der Waals surface area contributed by atoms with Crippen molar-refractivity contribution >= 4 is 12.3 Å². The Morgan fingerprint density at radius 2 is 2.15 bits per heavy atom. The highest BCUT2D eigenvalue weighted by Gasteiger charge is 2.00. The molecule has 1 N–H and O–H groups in total. The summed E-state index contributed by atoms with van der Waals surface area (Å²) in [5, 5.41) is 8.39. The van der Waals surface area contributed by atoms with Gasteiger partial charge in [0.15, 0.2) is 0 Å². The lowest BCUT2D eigenvalue weighted by Crippen LogP contribution is -1.97. The third-order valence-electron chi connectivity index (χ3n) is 1.41. The fourth-order valence-corrected chi connectivity index (χ4v) is 0.769. The van der Waals surface area contributed by atoms with Gasteiger partial charge in [0.1, 0.15) is 6.29 Å². The predicted octanol–water partition coefficient (Wildman–Crippen LogP) is 1.94. The van der Waals surface area contributed by atoms with Gasteiger partial charge in [-0.2, -0.15) is 0 Å². The van der Waals surface area contributed by atoms with E-state index in [0.29, 0.717) is 11.9 Å². The molecule has 0 aromatic carbocycles. The molecular weight excluding hydrogens is 168 g/mol. The minimum atomic E-state index is -0.984. The van der Waals surface area contributed by atoms with Crippen LogP contribution in [0.15, 0.2) is 23.8 Å². The monoisotopic (exact) mass is 182 g/mol. The summed E-state index contributed by atoms with van der Waals surface area (Å²) in [5.41, 5.74) is 0.292. The fourth-order valence-electron chi connectivity index (χ4n) is 0.769. The van der Waals surface area contributed by atoms with Crippen LogP contribution >= 0.6 is 0 Å². The first-order valence-electron chi connectivity index (χ1n) is 4.23. The summed E-state index contributed by atoms with van der Waals surface area (Å²) in [5.74, 6) is -0.984. The van der Waals surface area contributed by atoms with E-state index in [1.807, 2.05) is 13.0 Å². The van der Waals surface area contributed by atoms with Crippen molar-refractivity contribution in [2.24, 2.45) is 0 Å². The van der Waals surface area contributed by atoms with Crippen molar-refractivity contribution in [3.8, 4) is 0 Å². The number of allylic oxidation sites excluding steroid dienone is 3. The van der Waals surface area contributed by atoms with Gasteiger partial charge in [-0.25, -0.2) is 0 Å². The lowest BCUT2D eigenvalue weighted by atomic mass is 10.2. The van der Waals surface area contributed by atoms with E-state index in [9.17, 15) is 9.59 Å². The first kappa shape index (κ1) is 11.6. The molecule has 0 amide bonds. The number of carboxylic acid groups (broad SMARTS) is 1. The molecule has 0 bridgehead atoms. The second kappa shape index (κ2) is 7.28. The number of carboxylic acids is 1. The molecule has 0 aliphatic rings. The zero-order valence-corrected chi connectivity index (χ0v) is 7.69. The maximum Gasteiger partial charge on any atom is 0.307 e. The largest absolute Gasteiger partial charge is 0.481 e. The maximum atomic E-state index is 10.3. The number of unbranched alkanes of at least 4 members (excludes halogenated alkanes) is 1. The molecule has 0 fully saturated rings. The molecule has 3 nitrogen and oxygen atoms in total. The summed E-state index contributed by atoms with van der Waals surface area (Å²) in [7, 11) is 0. The van der Waals surface area contributed by atoms with Crippen LogP contribution in [-0.4, -0.2) is 17.4 Å². The zero-order chi connectivity index (χ0) is 10.1. The predicted molar refractivity (Wildman–Crippen MR) is 50.4 cm³/mol. The zero-order valence-electron chi connectivity index (χ0n) is 7.69. The van der Waals surface area contributed by atoms with Crippen LogP contribution < -0.4 is 0 Å². The van der Waals surface area contributed by atoms with Crippen molar-refractivity contribution in [3.05, 3.63) is 23.8 Å². The molecule has 0 aliphatic heterocycles. The summed E-state index contributed by atoms with van der Waals surface area (Å²) in [4.78, 5) is 20.6. The molecule has 0 atom stereocenters. The SMILES string of the molecule is CCC/C=C\C=C(\C=O)CC(=O)O. The molecule has 0 unspecified atom stereocenters. The van der Waals surface area contributed by atoms with Crippen LogP contribution in [0.2, 0.25) is 0 Å². The van der Waals surface area contributed by atoms with E-state index < -0.39 is 5.97 Å². The molecule has 0 radical (unpaired) electrons. The summed E-state index contributed by atoms with van der Waals surface area (Å²) < 4.78 is 0. The van der Waals surface area contributed by atoms with Crippen LogP contribution in [0.1, 0.15) is 26.2 Å². The van der Waals surface area contributed by atoms with Gasteiger partial charge in [0, 0.05) is 5.57 Å². The molecule has 0 heterocycles. The molecule has 13 heavy (non-hydrogen) atoms. The van der Waals surface area contributed by atoms with E-state index in [-0.39, 0.29) is 6.42 Å². The minimum Gasteiger partial charge on any atom is -0.481 e. The fraction of sp³-hybridized carbons (Fsp3) is 0.400. The number of hydrogen-bond acceptors (Lipinski definition) is 2. The van der Waals surface area contributed by atoms with E-state index in [1.54, 1.807) is 6.08 Å². The molecule has 0 saturated heterocycles. The van der Waals surface area contributed by atoms with Gasteiger partial charge in [-0.3, -0.25) is 9.59 Å². The molecule has 0 aromatic heterocycles. The number of aldehydes is 1. The van der Waals surface area contributed by atoms with Crippen LogP contribution in [0.4, 0.5) is 0 Å². The Hall–Kier alpha value is -1.38. The summed E-state index contributed by atoms with van der Waals surface area (Å²) in [6, 6.07) is 0. The summed E-state index contributed by atoms with van der Waals surface area (Å²) in [6.07, 6.45) is 7.51. The van der Waals surface area contributed by atoms with Crippen LogP contribution in [0.25, 0.3) is 0 Å². The molecule has 72 valence electrons. The Balaban J connectivity index is 4.06. The molecular formula is C10H14O3. The smallest absolute Gasteiger partial charge is 0.307 e. The van der Waals surface area contributed by atoms with Crippen molar-refractivity contribution < 1.29 is 14.7 Å². The minimum absolute atomic E-state index is 0.208. The highest BCUT2D eigenvalue weighted by Crippen LogP contribution is 1.98. The lowest BCUT2D eigenvalue weighted by molar-refractivity contribution is -0.136. The third kappa shape index (κ3) is 7.00. The second-order valence-electron chi connectivity index (χ2n) is 2.65. The average Bonchev–Trinajstić information content (AvgIpc) is 2.09. The quantitative estimate of drug-likeness (QED) is 0.388. The van der Waals surface area contributed by atoms with E-state index in [0.717, 1.165) is 12.8 Å². The first-order valence-corrected chi connectivity index (χ1v) is 4.23. The number of carbonyl (C=O) groups is 2. The van der Waals surface area contributed by atoms with Crippen molar-refractivity contribution in [2.75, 3.05) is 0 Å². The number of hydrogen-bond donors (Lipinski definition) is 1. The molecule has 0 aliphatic carbocycles. The van der Waals surface area contributed by atoms with Gasteiger partial charge >= 0.3 is 5.97 Å². The molecule has 0 rings (SSSR count). The van der Waals surface area contributed by atoms with Gasteiger partial charge < -0.3 is 5.11 Å². The molecule has 0 spiro atoms. The van der Waals surface area contributed by atoms with Crippen LogP contribution in [0, 0.1) is 0 Å². The number of aliphatic carboxylic acids is 1. The first-order chi connectivity index (χ1) is 6.20. The molecule has 0 aromatic rings. The number of carbonyl (C=O) groups excluding carboxylic acids is 1. The van der Waals surface area contributed by atoms with Gasteiger partial charge in [0.05, 0.1) is 6.42 Å². The van der Waals surface area contributed by atoms with Crippen molar-refractivity contribution in [1.29, 1.82) is 0 Å². The van der Waals surface area contributed by atoms with E-state index in [2.05, 4.69) is 0 Å². The lowest BCUT2D eigenvalue weighted by Gasteiger charge is -1.90. The van der Waals surface area contributed by atoms with Crippen LogP contribution in [-0.2, 0) is 9.59 Å². The molecule has 0 saturated carbocycles. The summed E-state index contributed by atoms with van der Waals surface area (Å²) >= 11 is 0. The highest BCUT2D eigenvalue weighted by molar-refractivity contribution is 5.83. The maximum absolute atomic E-state index is 10.3. The Morgan fingerprint density at radius 1 is 1.46 bits per heavy atom. The summed E-state index contributed by atoms with van der Waals surface area (Å²) in [6.45, 7) is 2.05. The van der Waals surface area contributed by atoms with Gasteiger partial charge in [-0.15, -0.1) is 0 Å². The highest BCUT2D eigenvalue weighted by atomic mass is 16.4. The second-order valence-corrected chi connectivity index (χ2v) is 2.65. The van der Waals surface area contributed by atoms with Crippen LogP contribution in [0.3, 0.4) is 0 Å². The Morgan fingerprint density at radius 3 is 2.62 bits per heavy atom. The average molecular weight is 182 g/mol. The topological polar surface area (TPSA) is 54.4 Å². The van der Waals surface area contributed by atoms with Gasteiger partial charge in [-0.1, -0.05) is 31.6 Å². The Bertz CT molecular complexity index is 226. The Labute approximate surface area is 77.8 Å². The van der Waals surface area contributed by atoms with Crippen molar-refractivity contribution in [3.63, 3.8) is 0 Å². The van der Waals surface area contributed by atoms with Crippen molar-refractivity contribution in [1.82, 2.24) is 0 Å². The Kier molecular flexibility index (Phi) is 6.51. The van der Waals surface area contributed by atoms with Gasteiger partial charge in [0.25, 0.3) is 0 Å². The normalized spacial score (nSPS) is 11.9. The van der Waals surface area contributed by atoms with Crippen LogP contribution in [0.5, 0.6) is 0 Å². The van der Waals surface area contributed by atoms with Gasteiger partial charge in [0.2, 0.25) is 0 Å². The van der Waals surface area contributed by atoms with E-state index >= 15 is 0 Å². The van der Waals surface area contributed by atoms with E-state index in [1.165, 1.54) is 6.08 Å². The molecule has 3 heteroatoms. The standard InChI is InChI=1S/C10H14O3/c1-2-3-4-5-6-9(8-11)7-10(12)13/h4-6,8H,2-3,7H2,1H3,(H,12,13)/b5-4-,9-6+. The van der Waals surface area contributed by atoms with Crippen molar-refractivity contribution in [2.45, 2.75) is 26.2 Å².